The van der Waals surface area contributed by atoms with Gasteiger partial charge in [-0.3, -0.25) is 14.8 Å². The molecule has 0 fully saturated rings. The molecule has 2 heterocycles. The molecule has 1 aromatic carbocycles. The van der Waals surface area contributed by atoms with Crippen LogP contribution in [0, 0.1) is 6.92 Å². The zero-order valence-corrected chi connectivity index (χ0v) is 17.3. The average molecular weight is 417 g/mol. The molecule has 0 aliphatic heterocycles. The Bertz CT molecular complexity index is 1080. The number of aromatic nitrogens is 4. The molecule has 0 bridgehead atoms. The van der Waals surface area contributed by atoms with E-state index < -0.39 is 15.7 Å². The topological polar surface area (TPSA) is 120 Å². The van der Waals surface area contributed by atoms with E-state index in [9.17, 15) is 13.2 Å². The second-order valence-corrected chi connectivity index (χ2v) is 9.06. The van der Waals surface area contributed by atoms with Crippen molar-refractivity contribution in [2.75, 3.05) is 11.1 Å². The lowest BCUT2D eigenvalue weighted by Crippen LogP contribution is -2.14. The number of aryl methyl sites for hydroxylation is 1. The van der Waals surface area contributed by atoms with Gasteiger partial charge in [-0.2, -0.15) is 5.10 Å². The summed E-state index contributed by atoms with van der Waals surface area (Å²) in [4.78, 5) is 12.4. The normalized spacial score (nSPS) is 11.7. The van der Waals surface area contributed by atoms with Crippen molar-refractivity contribution in [3.63, 3.8) is 0 Å². The molecule has 1 N–H and O–H groups in total. The number of rotatable bonds is 8. The fraction of sp³-hybridized carbons (Fsp3) is 0.368. The van der Waals surface area contributed by atoms with Gasteiger partial charge in [-0.1, -0.05) is 22.8 Å². The van der Waals surface area contributed by atoms with Gasteiger partial charge in [0, 0.05) is 18.7 Å². The molecule has 3 rings (SSSR count). The van der Waals surface area contributed by atoms with E-state index in [0.29, 0.717) is 5.69 Å². The van der Waals surface area contributed by atoms with Crippen molar-refractivity contribution in [1.82, 2.24) is 20.0 Å². The minimum absolute atomic E-state index is 0.0206. The summed E-state index contributed by atoms with van der Waals surface area (Å²) in [6, 6.07) is 8.47. The molecule has 154 valence electrons. The number of nitrogens with one attached hydrogen (secondary N) is 1. The molecule has 3 aromatic rings. The van der Waals surface area contributed by atoms with Gasteiger partial charge in [0.15, 0.2) is 9.84 Å². The van der Waals surface area contributed by atoms with Crippen LogP contribution in [0.15, 0.2) is 45.8 Å². The second kappa shape index (κ2) is 8.56. The molecule has 1 amide bonds. The monoisotopic (exact) mass is 417 g/mol. The van der Waals surface area contributed by atoms with E-state index in [1.807, 2.05) is 20.8 Å². The van der Waals surface area contributed by atoms with Crippen molar-refractivity contribution in [2.45, 2.75) is 44.6 Å². The van der Waals surface area contributed by atoms with E-state index in [0.717, 1.165) is 5.56 Å². The second-order valence-electron chi connectivity index (χ2n) is 6.95. The van der Waals surface area contributed by atoms with E-state index in [1.54, 1.807) is 41.2 Å². The lowest BCUT2D eigenvalue weighted by molar-refractivity contribution is -0.116. The van der Waals surface area contributed by atoms with Crippen molar-refractivity contribution < 1.29 is 17.6 Å². The summed E-state index contributed by atoms with van der Waals surface area (Å²) < 4.78 is 31.9. The number of hydrogen-bond donors (Lipinski definition) is 1. The Hall–Kier alpha value is -3.01. The standard InChI is InChI=1S/C19H23N5O4S/c1-13(2)24-16(10-11-20-24)18-22-23-19(28-18)21-17(25)5-4-12-29(26,27)15-8-6-14(3)7-9-15/h6-11,13H,4-5,12H2,1-3H3,(H,21,23,25). The highest BCUT2D eigenvalue weighted by atomic mass is 32.2. The maximum atomic E-state index is 12.3. The summed E-state index contributed by atoms with van der Waals surface area (Å²) in [6.07, 6.45) is 1.84. The summed E-state index contributed by atoms with van der Waals surface area (Å²) >= 11 is 0. The Kier molecular flexibility index (Phi) is 6.12. The highest BCUT2D eigenvalue weighted by molar-refractivity contribution is 7.91. The van der Waals surface area contributed by atoms with Gasteiger partial charge in [-0.15, -0.1) is 5.10 Å². The highest BCUT2D eigenvalue weighted by Gasteiger charge is 2.18. The largest absolute Gasteiger partial charge is 0.401 e. The Morgan fingerprint density at radius 2 is 1.90 bits per heavy atom. The SMILES string of the molecule is Cc1ccc(S(=O)(=O)CCCC(=O)Nc2nnc(-c3ccnn3C(C)C)o2)cc1. The van der Waals surface area contributed by atoms with Crippen LogP contribution in [-0.4, -0.2) is 40.1 Å². The van der Waals surface area contributed by atoms with Gasteiger partial charge < -0.3 is 4.42 Å². The lowest BCUT2D eigenvalue weighted by Gasteiger charge is -2.07. The number of benzene rings is 1. The molecule has 0 spiro atoms. The Morgan fingerprint density at radius 3 is 2.59 bits per heavy atom. The van der Waals surface area contributed by atoms with Crippen molar-refractivity contribution in [2.24, 2.45) is 0 Å². The number of anilines is 1. The minimum Gasteiger partial charge on any atom is -0.401 e. The molecule has 0 unspecified atom stereocenters. The van der Waals surface area contributed by atoms with Crippen molar-refractivity contribution in [1.29, 1.82) is 0 Å². The van der Waals surface area contributed by atoms with E-state index >= 15 is 0 Å². The van der Waals surface area contributed by atoms with Gasteiger partial charge in [0.1, 0.15) is 5.69 Å². The third kappa shape index (κ3) is 5.08. The van der Waals surface area contributed by atoms with Crippen molar-refractivity contribution in [3.8, 4) is 11.6 Å². The van der Waals surface area contributed by atoms with Crippen LogP contribution < -0.4 is 5.32 Å². The molecule has 29 heavy (non-hydrogen) atoms. The van der Waals surface area contributed by atoms with Gasteiger partial charge in [-0.05, 0) is 45.4 Å². The molecule has 10 heteroatoms. The fourth-order valence-electron chi connectivity index (χ4n) is 2.74. The Morgan fingerprint density at radius 1 is 1.17 bits per heavy atom. The van der Waals surface area contributed by atoms with Crippen molar-refractivity contribution in [3.05, 3.63) is 42.1 Å². The quantitative estimate of drug-likeness (QED) is 0.598. The number of nitrogens with zero attached hydrogens (tertiary/aromatic N) is 4. The lowest BCUT2D eigenvalue weighted by atomic mass is 10.2. The molecule has 0 saturated heterocycles. The van der Waals surface area contributed by atoms with Gasteiger partial charge in [0.2, 0.25) is 5.91 Å². The summed E-state index contributed by atoms with van der Waals surface area (Å²) in [5.41, 5.74) is 1.64. The molecular weight excluding hydrogens is 394 g/mol. The first kappa shape index (κ1) is 20.7. The molecule has 0 aliphatic carbocycles. The maximum Gasteiger partial charge on any atom is 0.322 e. The molecule has 0 saturated carbocycles. The summed E-state index contributed by atoms with van der Waals surface area (Å²) in [5.74, 6) is -0.267. The summed E-state index contributed by atoms with van der Waals surface area (Å²) in [6.45, 7) is 5.83. The molecule has 0 radical (unpaired) electrons. The van der Waals surface area contributed by atoms with E-state index in [-0.39, 0.29) is 41.4 Å². The van der Waals surface area contributed by atoms with Crippen LogP contribution in [0.25, 0.3) is 11.6 Å². The Labute approximate surface area is 169 Å². The zero-order valence-electron chi connectivity index (χ0n) is 16.5. The number of hydrogen-bond acceptors (Lipinski definition) is 7. The molecule has 0 atom stereocenters. The molecular formula is C19H23N5O4S. The van der Waals surface area contributed by atoms with E-state index in [1.165, 1.54) is 0 Å². The van der Waals surface area contributed by atoms with Crippen LogP contribution in [0.4, 0.5) is 6.01 Å². The predicted octanol–water partition coefficient (Wildman–Crippen LogP) is 3.02. The molecule has 0 aliphatic rings. The minimum atomic E-state index is -3.43. The van der Waals surface area contributed by atoms with Crippen molar-refractivity contribution >= 4 is 21.8 Å². The first-order chi connectivity index (χ1) is 13.8. The summed E-state index contributed by atoms with van der Waals surface area (Å²) in [7, 11) is -3.43. The third-order valence-electron chi connectivity index (χ3n) is 4.25. The van der Waals surface area contributed by atoms with Crippen LogP contribution >= 0.6 is 0 Å². The molecule has 9 nitrogen and oxygen atoms in total. The van der Waals surface area contributed by atoms with Crippen LogP contribution in [0.2, 0.25) is 0 Å². The predicted molar refractivity (Wildman–Crippen MR) is 107 cm³/mol. The van der Waals surface area contributed by atoms with Crippen LogP contribution in [-0.2, 0) is 14.6 Å². The summed E-state index contributed by atoms with van der Waals surface area (Å²) in [5, 5.41) is 14.5. The van der Waals surface area contributed by atoms with Gasteiger partial charge in [0.25, 0.3) is 5.89 Å². The van der Waals surface area contributed by atoms with Crippen LogP contribution in [0.3, 0.4) is 0 Å². The van der Waals surface area contributed by atoms with Crippen LogP contribution in [0.1, 0.15) is 38.3 Å². The van der Waals surface area contributed by atoms with E-state index in [2.05, 4.69) is 20.6 Å². The maximum absolute atomic E-state index is 12.3. The first-order valence-electron chi connectivity index (χ1n) is 9.23. The first-order valence-corrected chi connectivity index (χ1v) is 10.9. The fourth-order valence-corrected chi connectivity index (χ4v) is 4.05. The van der Waals surface area contributed by atoms with Crippen LogP contribution in [0.5, 0.6) is 0 Å². The number of sulfone groups is 1. The third-order valence-corrected chi connectivity index (χ3v) is 6.06. The smallest absolute Gasteiger partial charge is 0.322 e. The highest BCUT2D eigenvalue weighted by Crippen LogP contribution is 2.22. The molecule has 2 aromatic heterocycles. The van der Waals surface area contributed by atoms with E-state index in [4.69, 9.17) is 4.42 Å². The van der Waals surface area contributed by atoms with Gasteiger partial charge in [-0.25, -0.2) is 8.42 Å². The number of carbonyl (C=O) groups is 1. The zero-order chi connectivity index (χ0) is 21.0. The number of carbonyl (C=O) groups excluding carboxylic acids is 1. The Balaban J connectivity index is 1.54. The number of amides is 1. The average Bonchev–Trinajstić information content (AvgIpc) is 3.31. The van der Waals surface area contributed by atoms with Gasteiger partial charge in [0.05, 0.1) is 10.6 Å². The van der Waals surface area contributed by atoms with Gasteiger partial charge >= 0.3 is 6.01 Å².